The number of nitrogens with one attached hydrogen (secondary N) is 1. The monoisotopic (exact) mass is 358 g/mol. The van der Waals surface area contributed by atoms with Crippen molar-refractivity contribution in [2.24, 2.45) is 5.10 Å². The zero-order chi connectivity index (χ0) is 19.1. The molecule has 0 aromatic heterocycles. The Balaban J connectivity index is 2.19. The Bertz CT molecular complexity index is 818. The Labute approximate surface area is 152 Å². The predicted octanol–water partition coefficient (Wildman–Crippen LogP) is 2.88. The molecule has 138 valence electrons. The highest BCUT2D eigenvalue weighted by atomic mass is 16.5. The summed E-state index contributed by atoms with van der Waals surface area (Å²) >= 11 is 0. The molecule has 0 atom stereocenters. The van der Waals surface area contributed by atoms with Crippen LogP contribution in [0.4, 0.5) is 0 Å². The van der Waals surface area contributed by atoms with Crippen LogP contribution in [0.2, 0.25) is 0 Å². The summed E-state index contributed by atoms with van der Waals surface area (Å²) in [5, 5.41) is 4.16. The molecule has 2 aromatic carbocycles. The summed E-state index contributed by atoms with van der Waals surface area (Å²) in [6.07, 6.45) is 0. The van der Waals surface area contributed by atoms with Gasteiger partial charge in [-0.1, -0.05) is 0 Å². The Morgan fingerprint density at radius 3 is 2.15 bits per heavy atom. The third-order valence-electron chi connectivity index (χ3n) is 3.77. The number of carbonyl (C=O) groups excluding carboxylic acids is 1. The molecule has 0 fully saturated rings. The molecule has 2 aromatic rings. The van der Waals surface area contributed by atoms with Crippen LogP contribution in [0.5, 0.6) is 23.0 Å². The van der Waals surface area contributed by atoms with Crippen LogP contribution in [0.25, 0.3) is 0 Å². The Morgan fingerprint density at radius 1 is 0.846 bits per heavy atom. The third-order valence-corrected chi connectivity index (χ3v) is 3.77. The number of hydrazone groups is 1. The fourth-order valence-corrected chi connectivity index (χ4v) is 2.33. The molecule has 0 spiro atoms. The van der Waals surface area contributed by atoms with E-state index >= 15 is 0 Å². The number of amides is 1. The fraction of sp³-hybridized carbons (Fsp3) is 0.263. The molecule has 1 N–H and O–H groups in total. The van der Waals surface area contributed by atoms with Crippen LogP contribution in [-0.2, 0) is 0 Å². The first kappa shape index (κ1) is 19.1. The minimum Gasteiger partial charge on any atom is -0.497 e. The standard InChI is InChI=1S/C19H22N2O5/c1-12(15-8-7-14(23-2)11-17(15)25-4)20-21-19(22)13-6-9-16(24-3)18(10-13)26-5/h6-11H,1-5H3,(H,21,22)/b20-12+. The molecule has 0 unspecified atom stereocenters. The van der Waals surface area contributed by atoms with Gasteiger partial charge in [-0.2, -0.15) is 5.10 Å². The molecule has 0 heterocycles. The van der Waals surface area contributed by atoms with Crippen molar-refractivity contribution in [3.05, 3.63) is 47.5 Å². The zero-order valence-corrected chi connectivity index (χ0v) is 15.5. The molecule has 7 heteroatoms. The predicted molar refractivity (Wildman–Crippen MR) is 98.8 cm³/mol. The summed E-state index contributed by atoms with van der Waals surface area (Å²) in [5.74, 6) is 1.93. The van der Waals surface area contributed by atoms with Gasteiger partial charge in [0.05, 0.1) is 34.2 Å². The van der Waals surface area contributed by atoms with Crippen LogP contribution < -0.4 is 24.4 Å². The first-order valence-electron chi connectivity index (χ1n) is 7.83. The van der Waals surface area contributed by atoms with Crippen molar-refractivity contribution in [3.8, 4) is 23.0 Å². The second-order valence-electron chi connectivity index (χ2n) is 5.27. The quantitative estimate of drug-likeness (QED) is 0.608. The zero-order valence-electron chi connectivity index (χ0n) is 15.5. The van der Waals surface area contributed by atoms with Crippen molar-refractivity contribution in [1.82, 2.24) is 5.43 Å². The number of ether oxygens (including phenoxy) is 4. The lowest BCUT2D eigenvalue weighted by Crippen LogP contribution is -2.19. The largest absolute Gasteiger partial charge is 0.497 e. The van der Waals surface area contributed by atoms with E-state index in [1.54, 1.807) is 51.5 Å². The van der Waals surface area contributed by atoms with Gasteiger partial charge in [0, 0.05) is 17.2 Å². The van der Waals surface area contributed by atoms with E-state index in [9.17, 15) is 4.79 Å². The van der Waals surface area contributed by atoms with E-state index < -0.39 is 0 Å². The van der Waals surface area contributed by atoms with Crippen molar-refractivity contribution in [3.63, 3.8) is 0 Å². The van der Waals surface area contributed by atoms with Crippen LogP contribution in [-0.4, -0.2) is 40.1 Å². The number of hydrogen-bond donors (Lipinski definition) is 1. The van der Waals surface area contributed by atoms with E-state index in [2.05, 4.69) is 10.5 Å². The highest BCUT2D eigenvalue weighted by Gasteiger charge is 2.12. The minimum absolute atomic E-state index is 0.363. The van der Waals surface area contributed by atoms with Crippen molar-refractivity contribution in [2.45, 2.75) is 6.92 Å². The van der Waals surface area contributed by atoms with Crippen molar-refractivity contribution in [1.29, 1.82) is 0 Å². The summed E-state index contributed by atoms with van der Waals surface area (Å²) in [6.45, 7) is 1.78. The summed E-state index contributed by atoms with van der Waals surface area (Å²) in [7, 11) is 6.19. The second kappa shape index (κ2) is 8.75. The van der Waals surface area contributed by atoms with Crippen LogP contribution in [0, 0.1) is 0 Å². The smallest absolute Gasteiger partial charge is 0.271 e. The molecule has 7 nitrogen and oxygen atoms in total. The lowest BCUT2D eigenvalue weighted by atomic mass is 10.1. The summed E-state index contributed by atoms with van der Waals surface area (Å²) in [6, 6.07) is 10.3. The van der Waals surface area contributed by atoms with E-state index in [1.165, 1.54) is 14.2 Å². The highest BCUT2D eigenvalue weighted by molar-refractivity contribution is 6.03. The third kappa shape index (κ3) is 4.24. The van der Waals surface area contributed by atoms with Gasteiger partial charge in [-0.15, -0.1) is 0 Å². The van der Waals surface area contributed by atoms with Gasteiger partial charge in [-0.05, 0) is 37.3 Å². The number of nitrogens with zero attached hydrogens (tertiary/aromatic N) is 1. The topological polar surface area (TPSA) is 78.4 Å². The molecule has 1 amide bonds. The van der Waals surface area contributed by atoms with E-state index in [-0.39, 0.29) is 5.91 Å². The van der Waals surface area contributed by atoms with E-state index in [4.69, 9.17) is 18.9 Å². The van der Waals surface area contributed by atoms with E-state index in [0.29, 0.717) is 34.3 Å². The molecule has 0 saturated carbocycles. The fourth-order valence-electron chi connectivity index (χ4n) is 2.33. The SMILES string of the molecule is COc1ccc(/C(C)=N/NC(=O)c2ccc(OC)c(OC)c2)c(OC)c1. The highest BCUT2D eigenvalue weighted by Crippen LogP contribution is 2.27. The van der Waals surface area contributed by atoms with Crippen LogP contribution >= 0.6 is 0 Å². The second-order valence-corrected chi connectivity index (χ2v) is 5.27. The average Bonchev–Trinajstić information content (AvgIpc) is 2.70. The number of benzene rings is 2. The van der Waals surface area contributed by atoms with Crippen molar-refractivity contribution < 1.29 is 23.7 Å². The molecule has 0 saturated heterocycles. The molecule has 2 rings (SSSR count). The maximum atomic E-state index is 12.3. The first-order valence-corrected chi connectivity index (χ1v) is 7.83. The molecule has 0 aliphatic carbocycles. The van der Waals surface area contributed by atoms with Gasteiger partial charge in [0.2, 0.25) is 0 Å². The molecule has 0 bridgehead atoms. The van der Waals surface area contributed by atoms with Crippen molar-refractivity contribution >= 4 is 11.6 Å². The summed E-state index contributed by atoms with van der Waals surface area (Å²) < 4.78 is 20.9. The Morgan fingerprint density at radius 2 is 1.54 bits per heavy atom. The van der Waals surface area contributed by atoms with E-state index in [1.807, 2.05) is 6.07 Å². The lowest BCUT2D eigenvalue weighted by Gasteiger charge is -2.11. The number of carbonyl (C=O) groups is 1. The van der Waals surface area contributed by atoms with Gasteiger partial charge in [0.15, 0.2) is 11.5 Å². The lowest BCUT2D eigenvalue weighted by molar-refractivity contribution is 0.0954. The average molecular weight is 358 g/mol. The van der Waals surface area contributed by atoms with E-state index in [0.717, 1.165) is 5.56 Å². The number of methoxy groups -OCH3 is 4. The normalized spacial score (nSPS) is 10.9. The Hall–Kier alpha value is -3.22. The van der Waals surface area contributed by atoms with Crippen LogP contribution in [0.1, 0.15) is 22.8 Å². The first-order chi connectivity index (χ1) is 12.5. The van der Waals surface area contributed by atoms with Gasteiger partial charge in [-0.3, -0.25) is 4.79 Å². The molecular weight excluding hydrogens is 336 g/mol. The van der Waals surface area contributed by atoms with Gasteiger partial charge in [0.25, 0.3) is 5.91 Å². The Kier molecular flexibility index (Phi) is 6.43. The van der Waals surface area contributed by atoms with Gasteiger partial charge < -0.3 is 18.9 Å². The maximum absolute atomic E-state index is 12.3. The molecule has 0 aliphatic heterocycles. The number of rotatable bonds is 7. The van der Waals surface area contributed by atoms with Gasteiger partial charge >= 0.3 is 0 Å². The van der Waals surface area contributed by atoms with Crippen LogP contribution in [0.15, 0.2) is 41.5 Å². The summed E-state index contributed by atoms with van der Waals surface area (Å²) in [4.78, 5) is 12.3. The van der Waals surface area contributed by atoms with Gasteiger partial charge in [-0.25, -0.2) is 5.43 Å². The molecule has 0 radical (unpaired) electrons. The van der Waals surface area contributed by atoms with Crippen molar-refractivity contribution in [2.75, 3.05) is 28.4 Å². The minimum atomic E-state index is -0.363. The molecule has 0 aliphatic rings. The summed E-state index contributed by atoms with van der Waals surface area (Å²) in [5.41, 5.74) is 4.28. The van der Waals surface area contributed by atoms with Crippen LogP contribution in [0.3, 0.4) is 0 Å². The molecular formula is C19H22N2O5. The maximum Gasteiger partial charge on any atom is 0.271 e. The van der Waals surface area contributed by atoms with Gasteiger partial charge in [0.1, 0.15) is 11.5 Å². The molecule has 26 heavy (non-hydrogen) atoms. The number of hydrogen-bond acceptors (Lipinski definition) is 6.